The van der Waals surface area contributed by atoms with Gasteiger partial charge in [0.25, 0.3) is 5.91 Å². The van der Waals surface area contributed by atoms with Crippen molar-refractivity contribution in [2.75, 3.05) is 26.0 Å². The highest BCUT2D eigenvalue weighted by Crippen LogP contribution is 2.41. The zero-order chi connectivity index (χ0) is 37.4. The summed E-state index contributed by atoms with van der Waals surface area (Å²) in [6, 6.07) is 6.97. The Hall–Kier alpha value is -3.60. The number of pyridine rings is 2. The predicted molar refractivity (Wildman–Crippen MR) is 200 cm³/mol. The third-order valence-corrected chi connectivity index (χ3v) is 10.7. The van der Waals surface area contributed by atoms with Crippen molar-refractivity contribution in [3.63, 3.8) is 0 Å². The van der Waals surface area contributed by atoms with E-state index >= 15 is 0 Å². The lowest BCUT2D eigenvalue weighted by Gasteiger charge is -2.39. The lowest BCUT2D eigenvalue weighted by Crippen LogP contribution is -3.13. The van der Waals surface area contributed by atoms with Gasteiger partial charge in [-0.3, -0.25) is 19.8 Å². The Balaban J connectivity index is 1.47. The molecule has 1 fully saturated rings. The van der Waals surface area contributed by atoms with Crippen molar-refractivity contribution in [1.82, 2.24) is 30.3 Å². The summed E-state index contributed by atoms with van der Waals surface area (Å²) in [7, 11) is 1.68. The fourth-order valence-electron chi connectivity index (χ4n) is 7.06. The number of hydrazine groups is 1. The number of rotatable bonds is 5. The van der Waals surface area contributed by atoms with E-state index in [2.05, 4.69) is 48.2 Å². The Morgan fingerprint density at radius 3 is 2.81 bits per heavy atom. The molecule has 6 heterocycles. The van der Waals surface area contributed by atoms with Crippen LogP contribution in [0.15, 0.2) is 35.5 Å². The normalized spacial score (nSPS) is 24.7. The lowest BCUT2D eigenvalue weighted by molar-refractivity contribution is -1.08. The van der Waals surface area contributed by atoms with Crippen LogP contribution in [0.5, 0.6) is 0 Å². The van der Waals surface area contributed by atoms with Gasteiger partial charge in [-0.2, -0.15) is 5.43 Å². The Morgan fingerprint density at radius 1 is 1.29 bits per heavy atom. The third kappa shape index (κ3) is 8.29. The van der Waals surface area contributed by atoms with Crippen molar-refractivity contribution in [3.8, 4) is 11.3 Å². The van der Waals surface area contributed by atoms with E-state index in [9.17, 15) is 14.8 Å². The van der Waals surface area contributed by atoms with Crippen LogP contribution in [-0.4, -0.2) is 80.4 Å². The topological polar surface area (TPSA) is 160 Å². The molecule has 2 amide bonds. The highest BCUT2D eigenvalue weighted by atomic mass is 32.2. The second-order valence-corrected chi connectivity index (χ2v) is 16.6. The van der Waals surface area contributed by atoms with Gasteiger partial charge < -0.3 is 24.6 Å². The fraction of sp³-hybridized carbons (Fsp3) is 0.595. The first kappa shape index (κ1) is 38.1. The van der Waals surface area contributed by atoms with Crippen LogP contribution in [-0.2, 0) is 32.1 Å². The fourth-order valence-corrected chi connectivity index (χ4v) is 8.14. The van der Waals surface area contributed by atoms with Gasteiger partial charge in [-0.05, 0) is 77.1 Å². The smallest absolute Gasteiger partial charge is 0.408 e. The number of hydrogen-bond acceptors (Lipinski definition) is 11. The molecule has 3 aliphatic rings. The van der Waals surface area contributed by atoms with Crippen LogP contribution >= 0.6 is 11.8 Å². The molecule has 5 atom stereocenters. The number of amides is 2. The van der Waals surface area contributed by atoms with Gasteiger partial charge in [-0.1, -0.05) is 13.8 Å². The molecular formula is C37H52N8O6S. The minimum Gasteiger partial charge on any atom is -0.599 e. The minimum atomic E-state index is -0.966. The number of quaternary nitrogens is 1. The monoisotopic (exact) mass is 736 g/mol. The zero-order valence-electron chi connectivity index (χ0n) is 31.4. The van der Waals surface area contributed by atoms with Crippen molar-refractivity contribution in [2.24, 2.45) is 10.4 Å². The first-order chi connectivity index (χ1) is 24.7. The molecule has 6 bridgehead atoms. The SMILES string of the molecule is CCn1c(-c2cccnc2[C@H](C)OC)c2c3nc(ccc31)C1CSC(=N1)C[C@H](NC(=O)OC(C)(C)C)C(=O)N1CCC[C@H](N1)[NH+]([O-])OCC(C)(C)C2. The number of alkyl carbamates (subject to hydrolysis) is 1. The molecule has 0 aliphatic carbocycles. The van der Waals surface area contributed by atoms with Gasteiger partial charge in [-0.25, -0.2) is 19.8 Å². The molecule has 2 unspecified atom stereocenters. The maximum atomic E-state index is 14.0. The quantitative estimate of drug-likeness (QED) is 0.315. The van der Waals surface area contributed by atoms with Gasteiger partial charge in [0, 0.05) is 56.1 Å². The van der Waals surface area contributed by atoms with Gasteiger partial charge in [0.1, 0.15) is 24.3 Å². The van der Waals surface area contributed by atoms with Gasteiger partial charge in [0.05, 0.1) is 39.3 Å². The maximum Gasteiger partial charge on any atom is 0.408 e. The average molecular weight is 737 g/mol. The predicted octanol–water partition coefficient (Wildman–Crippen LogP) is 4.65. The van der Waals surface area contributed by atoms with Crippen LogP contribution in [0.3, 0.4) is 0 Å². The number of thioether (sulfide) groups is 1. The zero-order valence-corrected chi connectivity index (χ0v) is 32.3. The molecule has 0 radical (unpaired) electrons. The van der Waals surface area contributed by atoms with Crippen LogP contribution in [0.1, 0.15) is 96.8 Å². The van der Waals surface area contributed by atoms with Crippen LogP contribution < -0.4 is 16.0 Å². The highest BCUT2D eigenvalue weighted by Gasteiger charge is 2.37. The van der Waals surface area contributed by atoms with E-state index in [0.717, 1.165) is 44.3 Å². The summed E-state index contributed by atoms with van der Waals surface area (Å²) in [5.41, 5.74) is 8.42. The molecule has 0 spiro atoms. The van der Waals surface area contributed by atoms with E-state index in [1.165, 1.54) is 5.01 Å². The van der Waals surface area contributed by atoms with Gasteiger partial charge in [-0.15, -0.1) is 11.8 Å². The van der Waals surface area contributed by atoms with Crippen LogP contribution in [0.2, 0.25) is 0 Å². The molecule has 3 aromatic heterocycles. The van der Waals surface area contributed by atoms with E-state index in [0.29, 0.717) is 38.1 Å². The third-order valence-electron chi connectivity index (χ3n) is 9.59. The van der Waals surface area contributed by atoms with E-state index in [1.54, 1.807) is 45.8 Å². The summed E-state index contributed by atoms with van der Waals surface area (Å²) < 4.78 is 13.6. The highest BCUT2D eigenvalue weighted by molar-refractivity contribution is 8.14. The van der Waals surface area contributed by atoms with Gasteiger partial charge in [0.15, 0.2) is 6.17 Å². The molecule has 52 heavy (non-hydrogen) atoms. The van der Waals surface area contributed by atoms with Gasteiger partial charge in [0.2, 0.25) is 0 Å². The number of ether oxygens (including phenoxy) is 2. The van der Waals surface area contributed by atoms with Gasteiger partial charge >= 0.3 is 6.09 Å². The number of methoxy groups -OCH3 is 1. The molecule has 6 rings (SSSR count). The number of hydrogen-bond donors (Lipinski definition) is 3. The maximum absolute atomic E-state index is 14.0. The Bertz CT molecular complexity index is 1820. The second-order valence-electron chi connectivity index (χ2n) is 15.5. The Morgan fingerprint density at radius 2 is 2.08 bits per heavy atom. The summed E-state index contributed by atoms with van der Waals surface area (Å²) in [4.78, 5) is 48.1. The standard InChI is InChI=1S/C37H52N8O6S/c1-9-43-28-15-14-25-27-20-52-30(39-27)18-26(41-35(47)51-36(3,4)5)34(46)44-17-11-13-29(42-44)45(48)50-21-37(6,7)19-24(32(28)40-25)33(43)23-12-10-16-38-31(23)22(2)49-8/h10,12,14-16,22,26-27,29,42,45H,9,11,13,17-21H2,1-8H3,(H,41,47)/t22-,26-,27?,29+/m0/s1. The molecule has 15 heteroatoms. The first-order valence-electron chi connectivity index (χ1n) is 18.1. The van der Waals surface area contributed by atoms with Crippen LogP contribution in [0, 0.1) is 10.6 Å². The number of nitrogens with one attached hydrogen (secondary N) is 3. The summed E-state index contributed by atoms with van der Waals surface area (Å²) in [6.45, 7) is 14.8. The number of hydroxylamine groups is 2. The summed E-state index contributed by atoms with van der Waals surface area (Å²) in [6.07, 6.45) is 1.98. The Labute approximate surface area is 309 Å². The van der Waals surface area contributed by atoms with Crippen molar-refractivity contribution >= 4 is 39.8 Å². The van der Waals surface area contributed by atoms with E-state index < -0.39 is 34.5 Å². The van der Waals surface area contributed by atoms with E-state index in [-0.39, 0.29) is 31.1 Å². The molecule has 1 saturated heterocycles. The first-order valence-corrected chi connectivity index (χ1v) is 19.1. The van der Waals surface area contributed by atoms with E-state index in [4.69, 9.17) is 29.3 Å². The number of aliphatic imine (C=N–C) groups is 1. The molecule has 0 aromatic carbocycles. The van der Waals surface area contributed by atoms with Crippen molar-refractivity contribution < 1.29 is 29.1 Å². The number of aryl methyl sites for hydroxylation is 1. The minimum absolute atomic E-state index is 0.153. The molecule has 282 valence electrons. The Kier molecular flexibility index (Phi) is 11.3. The largest absolute Gasteiger partial charge is 0.599 e. The molecule has 0 saturated carbocycles. The lowest BCUT2D eigenvalue weighted by atomic mass is 9.85. The molecule has 14 nitrogen and oxygen atoms in total. The van der Waals surface area contributed by atoms with E-state index in [1.807, 2.05) is 19.1 Å². The summed E-state index contributed by atoms with van der Waals surface area (Å²) in [5, 5.41) is 18.1. The van der Waals surface area contributed by atoms with Crippen molar-refractivity contribution in [3.05, 3.63) is 52.6 Å². The van der Waals surface area contributed by atoms with Crippen LogP contribution in [0.4, 0.5) is 4.79 Å². The van der Waals surface area contributed by atoms with Crippen molar-refractivity contribution in [1.29, 1.82) is 0 Å². The summed E-state index contributed by atoms with van der Waals surface area (Å²) >= 11 is 1.56. The number of carbonyl (C=O) groups is 2. The number of carbonyl (C=O) groups excluding carboxylic acids is 2. The number of fused-ring (bicyclic) bond motifs is 5. The van der Waals surface area contributed by atoms with Crippen molar-refractivity contribution in [2.45, 2.75) is 111 Å². The van der Waals surface area contributed by atoms with Crippen LogP contribution in [0.25, 0.3) is 22.3 Å². The number of aromatic nitrogens is 3. The molecule has 3 N–H and O–H groups in total. The summed E-state index contributed by atoms with van der Waals surface area (Å²) in [5.74, 6) is 0.278. The molecule has 3 aromatic rings. The average Bonchev–Trinajstić information content (AvgIpc) is 3.70. The number of nitrogens with zero attached hydrogens (tertiary/aromatic N) is 5. The second kappa shape index (κ2) is 15.4. The molecule has 3 aliphatic heterocycles. The molecular weight excluding hydrogens is 685 g/mol.